The molecule has 0 fully saturated rings. The normalized spacial score (nSPS) is 11.5. The summed E-state index contributed by atoms with van der Waals surface area (Å²) in [5.41, 5.74) is 0. The van der Waals surface area contributed by atoms with E-state index in [4.69, 9.17) is 0 Å². The summed E-state index contributed by atoms with van der Waals surface area (Å²) in [6.07, 6.45) is -0.0953. The third-order valence-electron chi connectivity index (χ3n) is 1.52. The molecule has 0 aliphatic rings. The Morgan fingerprint density at radius 3 is 2.50 bits per heavy atom. The molecule has 0 aromatic rings. The second kappa shape index (κ2) is 5.64. The van der Waals surface area contributed by atoms with Crippen molar-refractivity contribution in [1.29, 1.82) is 0 Å². The number of hydrogen-bond donors (Lipinski definition) is 1. The van der Waals surface area contributed by atoms with Crippen LogP contribution in [0.3, 0.4) is 0 Å². The van der Waals surface area contributed by atoms with E-state index >= 15 is 0 Å². The first-order valence-corrected chi connectivity index (χ1v) is 4.17. The highest BCUT2D eigenvalue weighted by Crippen LogP contribution is 2.08. The highest BCUT2D eigenvalue weighted by Gasteiger charge is 2.37. The molecule has 0 bridgehead atoms. The predicted octanol–water partition coefficient (Wildman–Crippen LogP) is -0.111. The number of rotatable bonds is 6. The number of carbonyl (C=O) groups is 2. The van der Waals surface area contributed by atoms with Crippen LogP contribution in [0, 0.1) is 0 Å². The molecule has 0 atom stereocenters. The third-order valence-corrected chi connectivity index (χ3v) is 1.52. The molecule has 1 N–H and O–H groups in total. The Labute approximate surface area is 81.3 Å². The number of hydrogen-bond acceptors (Lipinski definition) is 3. The van der Waals surface area contributed by atoms with Gasteiger partial charge in [-0.15, -0.1) is 0 Å². The fraction of sp³-hybridized carbons (Fsp3) is 0.750. The summed E-state index contributed by atoms with van der Waals surface area (Å²) in [5.74, 6) is -5.44. The summed E-state index contributed by atoms with van der Waals surface area (Å²) in [4.78, 5) is 22.3. The van der Waals surface area contributed by atoms with Crippen molar-refractivity contribution >= 4 is 12.2 Å². The van der Waals surface area contributed by atoms with Gasteiger partial charge in [-0.05, 0) is 27.1 Å². The van der Waals surface area contributed by atoms with Gasteiger partial charge in [0.25, 0.3) is 5.91 Å². The van der Waals surface area contributed by atoms with Crippen LogP contribution in [0.15, 0.2) is 0 Å². The molecular formula is C8H14F2N2O2. The standard InChI is InChI=1S/C8H14F2N2O2/c1-12(2)5-3-4-11-7(14)8(9,10)6-13/h6H,3-5H2,1-2H3,(H,11,14). The highest BCUT2D eigenvalue weighted by atomic mass is 19.3. The van der Waals surface area contributed by atoms with E-state index in [1.165, 1.54) is 0 Å². The van der Waals surface area contributed by atoms with E-state index in [0.717, 1.165) is 0 Å². The van der Waals surface area contributed by atoms with E-state index in [-0.39, 0.29) is 6.54 Å². The molecule has 0 rings (SSSR count). The lowest BCUT2D eigenvalue weighted by molar-refractivity contribution is -0.151. The lowest BCUT2D eigenvalue weighted by Crippen LogP contribution is -2.42. The SMILES string of the molecule is CN(C)CCCNC(=O)C(F)(F)C=O. The van der Waals surface area contributed by atoms with Gasteiger partial charge in [0.2, 0.25) is 0 Å². The summed E-state index contributed by atoms with van der Waals surface area (Å²) in [6, 6.07) is 0. The van der Waals surface area contributed by atoms with Gasteiger partial charge < -0.3 is 10.2 Å². The highest BCUT2D eigenvalue weighted by molar-refractivity contribution is 5.97. The van der Waals surface area contributed by atoms with E-state index in [1.807, 2.05) is 24.3 Å². The van der Waals surface area contributed by atoms with Crippen LogP contribution in [0.1, 0.15) is 6.42 Å². The number of nitrogens with one attached hydrogen (secondary N) is 1. The van der Waals surface area contributed by atoms with Gasteiger partial charge in [0.1, 0.15) is 0 Å². The molecule has 4 nitrogen and oxygen atoms in total. The predicted molar refractivity (Wildman–Crippen MR) is 47.2 cm³/mol. The van der Waals surface area contributed by atoms with Gasteiger partial charge in [-0.2, -0.15) is 8.78 Å². The minimum absolute atomic E-state index is 0.139. The maximum atomic E-state index is 12.3. The van der Waals surface area contributed by atoms with Crippen molar-refractivity contribution in [2.45, 2.75) is 12.3 Å². The zero-order valence-electron chi connectivity index (χ0n) is 8.22. The molecule has 0 saturated carbocycles. The molecular weight excluding hydrogens is 194 g/mol. The molecule has 0 aromatic heterocycles. The van der Waals surface area contributed by atoms with Crippen molar-refractivity contribution in [1.82, 2.24) is 10.2 Å². The summed E-state index contributed by atoms with van der Waals surface area (Å²) in [6.45, 7) is 0.827. The first kappa shape index (κ1) is 13.0. The van der Waals surface area contributed by atoms with Crippen LogP contribution < -0.4 is 5.32 Å². The second-order valence-electron chi connectivity index (χ2n) is 3.15. The summed E-state index contributed by atoms with van der Waals surface area (Å²) in [7, 11) is 3.67. The molecule has 0 unspecified atom stereocenters. The smallest absolute Gasteiger partial charge is 0.350 e. The maximum absolute atomic E-state index is 12.3. The van der Waals surface area contributed by atoms with Gasteiger partial charge in [0.15, 0.2) is 6.29 Å². The molecule has 0 saturated heterocycles. The summed E-state index contributed by atoms with van der Waals surface area (Å²) >= 11 is 0. The van der Waals surface area contributed by atoms with Crippen molar-refractivity contribution in [3.63, 3.8) is 0 Å². The molecule has 1 amide bonds. The molecule has 0 aromatic carbocycles. The zero-order chi connectivity index (χ0) is 11.2. The average Bonchev–Trinajstić information content (AvgIpc) is 2.11. The Morgan fingerprint density at radius 2 is 2.07 bits per heavy atom. The van der Waals surface area contributed by atoms with E-state index in [2.05, 4.69) is 0 Å². The first-order valence-electron chi connectivity index (χ1n) is 4.17. The number of carbonyl (C=O) groups excluding carboxylic acids is 2. The third kappa shape index (κ3) is 4.86. The maximum Gasteiger partial charge on any atom is 0.378 e. The Hall–Kier alpha value is -1.04. The van der Waals surface area contributed by atoms with Gasteiger partial charge in [0, 0.05) is 6.54 Å². The Kier molecular flexibility index (Phi) is 5.22. The Bertz CT molecular complexity index is 208. The minimum atomic E-state index is -3.90. The van der Waals surface area contributed by atoms with Crippen LogP contribution in [-0.2, 0) is 9.59 Å². The summed E-state index contributed by atoms with van der Waals surface area (Å²) < 4.78 is 24.7. The molecule has 0 heterocycles. The van der Waals surface area contributed by atoms with Crippen LogP contribution >= 0.6 is 0 Å². The molecule has 0 radical (unpaired) electrons. The first-order chi connectivity index (χ1) is 6.40. The molecule has 82 valence electrons. The topological polar surface area (TPSA) is 49.4 Å². The Balaban J connectivity index is 3.70. The number of alkyl halides is 2. The van der Waals surface area contributed by atoms with Gasteiger partial charge >= 0.3 is 5.92 Å². The fourth-order valence-corrected chi connectivity index (χ4v) is 0.769. The van der Waals surface area contributed by atoms with Crippen LogP contribution in [0.25, 0.3) is 0 Å². The zero-order valence-corrected chi connectivity index (χ0v) is 8.22. The van der Waals surface area contributed by atoms with E-state index in [0.29, 0.717) is 13.0 Å². The number of amides is 1. The number of halogens is 2. The van der Waals surface area contributed by atoms with Gasteiger partial charge in [-0.1, -0.05) is 0 Å². The summed E-state index contributed by atoms with van der Waals surface area (Å²) in [5, 5.41) is 1.98. The monoisotopic (exact) mass is 208 g/mol. The van der Waals surface area contributed by atoms with Crippen molar-refractivity contribution < 1.29 is 18.4 Å². The van der Waals surface area contributed by atoms with Gasteiger partial charge in [0.05, 0.1) is 0 Å². The lowest BCUT2D eigenvalue weighted by Gasteiger charge is -2.11. The van der Waals surface area contributed by atoms with E-state index in [9.17, 15) is 18.4 Å². The molecule has 14 heavy (non-hydrogen) atoms. The largest absolute Gasteiger partial charge is 0.378 e. The van der Waals surface area contributed by atoms with E-state index in [1.54, 1.807) is 0 Å². The molecule has 6 heteroatoms. The fourth-order valence-electron chi connectivity index (χ4n) is 0.769. The molecule has 0 aliphatic carbocycles. The van der Waals surface area contributed by atoms with Crippen molar-refractivity contribution in [3.05, 3.63) is 0 Å². The van der Waals surface area contributed by atoms with E-state index < -0.39 is 18.1 Å². The van der Waals surface area contributed by atoms with Crippen molar-refractivity contribution in [2.75, 3.05) is 27.2 Å². The molecule has 0 spiro atoms. The van der Waals surface area contributed by atoms with Crippen molar-refractivity contribution in [2.24, 2.45) is 0 Å². The average molecular weight is 208 g/mol. The van der Waals surface area contributed by atoms with Crippen LogP contribution in [0.5, 0.6) is 0 Å². The van der Waals surface area contributed by atoms with Crippen LogP contribution in [0.4, 0.5) is 8.78 Å². The Morgan fingerprint density at radius 1 is 1.50 bits per heavy atom. The van der Waals surface area contributed by atoms with Crippen molar-refractivity contribution in [3.8, 4) is 0 Å². The van der Waals surface area contributed by atoms with Gasteiger partial charge in [-0.25, -0.2) is 0 Å². The number of nitrogens with zero attached hydrogens (tertiary/aromatic N) is 1. The second-order valence-corrected chi connectivity index (χ2v) is 3.15. The van der Waals surface area contributed by atoms with Crippen LogP contribution in [-0.4, -0.2) is 50.2 Å². The molecule has 0 aliphatic heterocycles. The minimum Gasteiger partial charge on any atom is -0.350 e. The van der Waals surface area contributed by atoms with Crippen LogP contribution in [0.2, 0.25) is 0 Å². The number of aldehydes is 1. The quantitative estimate of drug-likeness (QED) is 0.376. The van der Waals surface area contributed by atoms with Gasteiger partial charge in [-0.3, -0.25) is 9.59 Å². The lowest BCUT2D eigenvalue weighted by atomic mass is 10.3.